The third-order valence-corrected chi connectivity index (χ3v) is 4.84. The van der Waals surface area contributed by atoms with Gasteiger partial charge in [-0.15, -0.1) is 0 Å². The van der Waals surface area contributed by atoms with E-state index in [1.54, 1.807) is 6.07 Å². The Labute approximate surface area is 196 Å². The van der Waals surface area contributed by atoms with Crippen LogP contribution >= 0.6 is 0 Å². The van der Waals surface area contributed by atoms with E-state index in [1.165, 1.54) is 54.8 Å². The molecular formula is C23H16FN5O6. The molecule has 3 aromatic rings. The lowest BCUT2D eigenvalue weighted by molar-refractivity contribution is -0.131. The van der Waals surface area contributed by atoms with Crippen LogP contribution in [-0.2, 0) is 9.59 Å². The van der Waals surface area contributed by atoms with E-state index in [9.17, 15) is 28.4 Å². The average Bonchev–Trinajstić information content (AvgIpc) is 3.38. The number of furan rings is 1. The van der Waals surface area contributed by atoms with E-state index in [2.05, 4.69) is 15.8 Å². The highest BCUT2D eigenvalue weighted by Crippen LogP contribution is 2.23. The normalized spacial score (nSPS) is 15.7. The second-order valence-corrected chi connectivity index (χ2v) is 7.13. The molecule has 4 rings (SSSR count). The molecule has 35 heavy (non-hydrogen) atoms. The molecule has 1 aromatic heterocycles. The van der Waals surface area contributed by atoms with Crippen LogP contribution in [-0.4, -0.2) is 35.9 Å². The molecule has 12 heteroatoms. The number of carbonyl (C=O) groups is 5. The van der Waals surface area contributed by atoms with Crippen LogP contribution in [0.5, 0.6) is 0 Å². The first kappa shape index (κ1) is 23.0. The van der Waals surface area contributed by atoms with Crippen molar-refractivity contribution in [1.82, 2.24) is 10.7 Å². The van der Waals surface area contributed by atoms with Crippen LogP contribution in [0.1, 0.15) is 20.9 Å². The van der Waals surface area contributed by atoms with Crippen LogP contribution in [0.15, 0.2) is 76.4 Å². The molecule has 1 atom stereocenters. The Morgan fingerprint density at radius 3 is 2.43 bits per heavy atom. The summed E-state index contributed by atoms with van der Waals surface area (Å²) in [6.07, 6.45) is 2.20. The summed E-state index contributed by atoms with van der Waals surface area (Å²) < 4.78 is 19.1. The molecule has 0 radical (unpaired) electrons. The van der Waals surface area contributed by atoms with Gasteiger partial charge in [0.05, 0.1) is 12.0 Å². The van der Waals surface area contributed by atoms with Gasteiger partial charge in [-0.2, -0.15) is 5.10 Å². The van der Waals surface area contributed by atoms with Crippen molar-refractivity contribution < 1.29 is 32.8 Å². The van der Waals surface area contributed by atoms with Gasteiger partial charge in [0.2, 0.25) is 5.91 Å². The summed E-state index contributed by atoms with van der Waals surface area (Å²) >= 11 is 0. The summed E-state index contributed by atoms with van der Waals surface area (Å²) in [6.45, 7) is 0. The third kappa shape index (κ3) is 4.95. The monoisotopic (exact) mass is 477 g/mol. The second-order valence-electron chi connectivity index (χ2n) is 7.13. The number of nitrogens with one attached hydrogen (secondary N) is 3. The number of carbonyl (C=O) groups excluding carboxylic acids is 5. The SMILES string of the molecule is O=C(N/N=C\[C@H]1C(=O)NC(=O)N(c2ccccc2F)C1=O)c1ccc(NC(=O)c2ccco2)cc1. The molecule has 176 valence electrons. The summed E-state index contributed by atoms with van der Waals surface area (Å²) in [5.41, 5.74) is 2.41. The predicted molar refractivity (Wildman–Crippen MR) is 120 cm³/mol. The van der Waals surface area contributed by atoms with E-state index in [0.717, 1.165) is 12.3 Å². The molecule has 0 saturated carbocycles. The molecule has 1 fully saturated rings. The standard InChI is InChI=1S/C23H16FN5O6/c24-16-4-1-2-5-17(16)29-22(33)15(20(31)27-23(29)34)12-25-28-19(30)13-7-9-14(10-8-13)26-21(32)18-6-3-11-35-18/h1-12,15H,(H,26,32)(H,28,30)(H,27,31,34)/b25-12-/t15-/m0/s1. The summed E-state index contributed by atoms with van der Waals surface area (Å²) in [7, 11) is 0. The number of anilines is 2. The molecule has 1 saturated heterocycles. The topological polar surface area (TPSA) is 150 Å². The number of hydrogen-bond donors (Lipinski definition) is 3. The Morgan fingerprint density at radius 1 is 1.00 bits per heavy atom. The van der Waals surface area contributed by atoms with Crippen LogP contribution in [0.3, 0.4) is 0 Å². The molecule has 3 N–H and O–H groups in total. The molecular weight excluding hydrogens is 461 g/mol. The van der Waals surface area contributed by atoms with Gasteiger partial charge in [0.25, 0.3) is 17.7 Å². The minimum Gasteiger partial charge on any atom is -0.459 e. The quantitative estimate of drug-likeness (QED) is 0.282. The smallest absolute Gasteiger partial charge is 0.335 e. The van der Waals surface area contributed by atoms with Crippen molar-refractivity contribution in [2.75, 3.05) is 10.2 Å². The first-order valence-electron chi connectivity index (χ1n) is 10.1. The van der Waals surface area contributed by atoms with Crippen molar-refractivity contribution in [3.8, 4) is 0 Å². The van der Waals surface area contributed by atoms with Gasteiger partial charge in [-0.3, -0.25) is 24.5 Å². The van der Waals surface area contributed by atoms with Gasteiger partial charge < -0.3 is 9.73 Å². The molecule has 2 heterocycles. The number of para-hydroxylation sites is 1. The van der Waals surface area contributed by atoms with E-state index in [-0.39, 0.29) is 17.0 Å². The Balaban J connectivity index is 1.39. The molecule has 1 aliphatic heterocycles. The van der Waals surface area contributed by atoms with Gasteiger partial charge in [0, 0.05) is 17.5 Å². The Morgan fingerprint density at radius 2 is 1.74 bits per heavy atom. The fourth-order valence-electron chi connectivity index (χ4n) is 3.12. The maximum absolute atomic E-state index is 14.1. The Kier molecular flexibility index (Phi) is 6.44. The summed E-state index contributed by atoms with van der Waals surface area (Å²) in [5.74, 6) is -5.42. The Hall–Kier alpha value is -5.13. The van der Waals surface area contributed by atoms with E-state index in [0.29, 0.717) is 10.6 Å². The van der Waals surface area contributed by atoms with Crippen molar-refractivity contribution in [2.45, 2.75) is 0 Å². The summed E-state index contributed by atoms with van der Waals surface area (Å²) in [6, 6.07) is 12.8. The van der Waals surface area contributed by atoms with Crippen molar-refractivity contribution >= 4 is 47.2 Å². The van der Waals surface area contributed by atoms with Crippen molar-refractivity contribution in [3.63, 3.8) is 0 Å². The van der Waals surface area contributed by atoms with Crippen molar-refractivity contribution in [2.24, 2.45) is 11.0 Å². The zero-order chi connectivity index (χ0) is 24.9. The van der Waals surface area contributed by atoms with Crippen molar-refractivity contribution in [1.29, 1.82) is 0 Å². The summed E-state index contributed by atoms with van der Waals surface area (Å²) in [5, 5.41) is 8.18. The molecule has 11 nitrogen and oxygen atoms in total. The lowest BCUT2D eigenvalue weighted by atomic mass is 10.1. The zero-order valence-corrected chi connectivity index (χ0v) is 17.7. The highest BCUT2D eigenvalue weighted by Gasteiger charge is 2.41. The van der Waals surface area contributed by atoms with E-state index in [1.807, 2.05) is 5.32 Å². The molecule has 0 aliphatic carbocycles. The second kappa shape index (κ2) is 9.79. The maximum atomic E-state index is 14.1. The minimum absolute atomic E-state index is 0.123. The Bertz CT molecular complexity index is 1340. The van der Waals surface area contributed by atoms with Gasteiger partial charge in [0.15, 0.2) is 11.7 Å². The maximum Gasteiger partial charge on any atom is 0.335 e. The van der Waals surface area contributed by atoms with Crippen molar-refractivity contribution in [3.05, 3.63) is 84.1 Å². The van der Waals surface area contributed by atoms with Gasteiger partial charge in [-0.25, -0.2) is 19.5 Å². The lowest BCUT2D eigenvalue weighted by Crippen LogP contribution is -2.59. The number of benzene rings is 2. The highest BCUT2D eigenvalue weighted by atomic mass is 19.1. The van der Waals surface area contributed by atoms with Gasteiger partial charge >= 0.3 is 6.03 Å². The highest BCUT2D eigenvalue weighted by molar-refractivity contribution is 6.32. The number of urea groups is 1. The molecule has 1 aliphatic rings. The lowest BCUT2D eigenvalue weighted by Gasteiger charge is -2.28. The summed E-state index contributed by atoms with van der Waals surface area (Å²) in [4.78, 5) is 61.7. The van der Waals surface area contributed by atoms with Crippen LogP contribution in [0.25, 0.3) is 0 Å². The van der Waals surface area contributed by atoms with Crippen LogP contribution in [0.2, 0.25) is 0 Å². The van der Waals surface area contributed by atoms with E-state index < -0.39 is 41.4 Å². The molecule has 0 bridgehead atoms. The van der Waals surface area contributed by atoms with E-state index in [4.69, 9.17) is 4.42 Å². The third-order valence-electron chi connectivity index (χ3n) is 4.84. The number of amides is 6. The number of nitrogens with zero attached hydrogens (tertiary/aromatic N) is 2. The number of rotatable bonds is 6. The first-order chi connectivity index (χ1) is 16.8. The van der Waals surface area contributed by atoms with Gasteiger partial charge in [0.1, 0.15) is 5.82 Å². The average molecular weight is 477 g/mol. The fourth-order valence-corrected chi connectivity index (χ4v) is 3.12. The molecule has 6 amide bonds. The number of hydrogen-bond acceptors (Lipinski definition) is 7. The number of hydrazone groups is 1. The number of imide groups is 2. The largest absolute Gasteiger partial charge is 0.459 e. The minimum atomic E-state index is -1.58. The van der Waals surface area contributed by atoms with Crippen LogP contribution in [0.4, 0.5) is 20.6 Å². The molecule has 0 spiro atoms. The number of halogens is 1. The van der Waals surface area contributed by atoms with Crippen LogP contribution in [0, 0.1) is 11.7 Å². The van der Waals surface area contributed by atoms with E-state index >= 15 is 0 Å². The molecule has 0 unspecified atom stereocenters. The van der Waals surface area contributed by atoms with Gasteiger partial charge in [-0.05, 0) is 48.5 Å². The molecule has 2 aromatic carbocycles. The fraction of sp³-hybridized carbons (Fsp3) is 0.0435. The predicted octanol–water partition coefficient (Wildman–Crippen LogP) is 2.29. The zero-order valence-electron chi connectivity index (χ0n) is 17.7. The van der Waals surface area contributed by atoms with Crippen LogP contribution < -0.4 is 21.0 Å². The number of barbiturate groups is 1. The van der Waals surface area contributed by atoms with Gasteiger partial charge in [-0.1, -0.05) is 12.1 Å². The first-order valence-corrected chi connectivity index (χ1v) is 10.1.